The van der Waals surface area contributed by atoms with Gasteiger partial charge in [0.1, 0.15) is 10.7 Å². The zero-order chi connectivity index (χ0) is 13.1. The summed E-state index contributed by atoms with van der Waals surface area (Å²) in [6.07, 6.45) is 0. The number of hydrogen-bond acceptors (Lipinski definition) is 3. The molecule has 0 aliphatic carbocycles. The van der Waals surface area contributed by atoms with Crippen molar-refractivity contribution in [2.24, 2.45) is 0 Å². The van der Waals surface area contributed by atoms with E-state index in [4.69, 9.17) is 0 Å². The predicted octanol–water partition coefficient (Wildman–Crippen LogP) is 2.27. The molecule has 0 aliphatic heterocycles. The highest BCUT2D eigenvalue weighted by atomic mass is 79.9. The Bertz CT molecular complexity index is 490. The molecule has 1 aromatic rings. The number of hydrogen-bond donors (Lipinski definition) is 2. The van der Waals surface area contributed by atoms with Crippen molar-refractivity contribution in [3.8, 4) is 0 Å². The van der Waals surface area contributed by atoms with E-state index in [-0.39, 0.29) is 32.8 Å². The number of likely N-dealkylation sites (N-methyl/N-ethyl adjacent to an activating group) is 1. The smallest absolute Gasteiger partial charge is 0.242 e. The third kappa shape index (κ3) is 4.75. The van der Waals surface area contributed by atoms with Crippen LogP contribution in [0.2, 0.25) is 0 Å². The summed E-state index contributed by atoms with van der Waals surface area (Å²) >= 11 is 6.08. The molecule has 0 spiro atoms. The molecule has 0 saturated carbocycles. The zero-order valence-electron chi connectivity index (χ0n) is 9.34. The first-order chi connectivity index (χ1) is 7.88. The monoisotopic (exact) mass is 424 g/mol. The largest absolute Gasteiger partial charge is 0.318 e. The van der Waals surface area contributed by atoms with Crippen molar-refractivity contribution in [1.29, 1.82) is 0 Å². The summed E-state index contributed by atoms with van der Waals surface area (Å²) in [4.78, 5) is -0.00463. The Morgan fingerprint density at radius 2 is 1.72 bits per heavy atom. The summed E-state index contributed by atoms with van der Waals surface area (Å²) in [7, 11) is -1.94. The van der Waals surface area contributed by atoms with Gasteiger partial charge in [-0.2, -0.15) is 0 Å². The van der Waals surface area contributed by atoms with Gasteiger partial charge in [0.2, 0.25) is 10.0 Å². The van der Waals surface area contributed by atoms with Crippen LogP contribution in [0.25, 0.3) is 0 Å². The fourth-order valence-corrected chi connectivity index (χ4v) is 4.72. The molecule has 0 saturated heterocycles. The fraction of sp³-hybridized carbons (Fsp3) is 0.333. The second-order valence-corrected chi connectivity index (χ2v) is 6.61. The van der Waals surface area contributed by atoms with Crippen molar-refractivity contribution in [2.45, 2.75) is 4.90 Å². The molecule has 0 atom stereocenters. The molecule has 0 fully saturated rings. The van der Waals surface area contributed by atoms with Gasteiger partial charge in [-0.05, 0) is 51.0 Å². The summed E-state index contributed by atoms with van der Waals surface area (Å²) in [6.45, 7) is 0.769. The van der Waals surface area contributed by atoms with Gasteiger partial charge in [-0.1, -0.05) is 0 Å². The fourth-order valence-electron chi connectivity index (χ4n) is 1.17. The topological polar surface area (TPSA) is 58.2 Å². The molecule has 0 amide bonds. The first kappa shape index (κ1) is 18.3. The van der Waals surface area contributed by atoms with E-state index in [2.05, 4.69) is 41.9 Å². The lowest BCUT2D eigenvalue weighted by molar-refractivity contribution is 0.577. The molecule has 9 heteroatoms. The van der Waals surface area contributed by atoms with E-state index in [9.17, 15) is 12.8 Å². The lowest BCUT2D eigenvalue weighted by Gasteiger charge is -2.10. The van der Waals surface area contributed by atoms with Crippen LogP contribution in [0, 0.1) is 5.82 Å². The first-order valence-electron chi connectivity index (χ1n) is 4.67. The second-order valence-electron chi connectivity index (χ2n) is 3.20. The van der Waals surface area contributed by atoms with Gasteiger partial charge in [-0.3, -0.25) is 0 Å². The van der Waals surface area contributed by atoms with Crippen LogP contribution in [-0.4, -0.2) is 28.6 Å². The summed E-state index contributed by atoms with van der Waals surface area (Å²) in [6, 6.07) is 2.22. The molecule has 0 aliphatic rings. The summed E-state index contributed by atoms with van der Waals surface area (Å²) in [5.74, 6) is -0.516. The van der Waals surface area contributed by atoms with Gasteiger partial charge in [-0.15, -0.1) is 12.4 Å². The molecule has 0 aromatic heterocycles. The van der Waals surface area contributed by atoms with E-state index in [0.717, 1.165) is 12.1 Å². The van der Waals surface area contributed by atoms with Gasteiger partial charge in [0, 0.05) is 22.0 Å². The molecule has 1 rings (SSSR count). The minimum atomic E-state index is -3.66. The molecule has 0 radical (unpaired) electrons. The maximum absolute atomic E-state index is 13.0. The van der Waals surface area contributed by atoms with Crippen LogP contribution < -0.4 is 10.0 Å². The summed E-state index contributed by atoms with van der Waals surface area (Å²) < 4.78 is 39.7. The van der Waals surface area contributed by atoms with E-state index in [0.29, 0.717) is 6.54 Å². The highest BCUT2D eigenvalue weighted by Crippen LogP contribution is 2.30. The molecule has 2 N–H and O–H groups in total. The summed E-state index contributed by atoms with van der Waals surface area (Å²) in [5, 5.41) is 2.82. The predicted molar refractivity (Wildman–Crippen MR) is 78.2 cm³/mol. The van der Waals surface area contributed by atoms with Gasteiger partial charge in [0.05, 0.1) is 0 Å². The Kier molecular flexibility index (Phi) is 7.88. The minimum Gasteiger partial charge on any atom is -0.318 e. The van der Waals surface area contributed by atoms with E-state index < -0.39 is 15.8 Å². The SMILES string of the molecule is CNCCNS(=O)(=O)c1c(Br)cc(F)cc1Br.Cl. The number of sulfonamides is 1. The molecule has 0 unspecified atom stereocenters. The lowest BCUT2D eigenvalue weighted by atomic mass is 10.3. The van der Waals surface area contributed by atoms with Crippen molar-refractivity contribution in [1.82, 2.24) is 10.0 Å². The van der Waals surface area contributed by atoms with Crippen LogP contribution in [0.3, 0.4) is 0 Å². The van der Waals surface area contributed by atoms with Gasteiger partial charge < -0.3 is 5.32 Å². The molecule has 0 bridgehead atoms. The Labute approximate surface area is 128 Å². The molecule has 104 valence electrons. The van der Waals surface area contributed by atoms with E-state index in [1.165, 1.54) is 0 Å². The highest BCUT2D eigenvalue weighted by Gasteiger charge is 2.21. The average Bonchev–Trinajstić information content (AvgIpc) is 2.15. The van der Waals surface area contributed by atoms with Crippen molar-refractivity contribution in [3.63, 3.8) is 0 Å². The van der Waals surface area contributed by atoms with Crippen LogP contribution >= 0.6 is 44.3 Å². The van der Waals surface area contributed by atoms with E-state index in [1.807, 2.05) is 0 Å². The third-order valence-electron chi connectivity index (χ3n) is 1.90. The van der Waals surface area contributed by atoms with Crippen LogP contribution in [0.5, 0.6) is 0 Å². The van der Waals surface area contributed by atoms with Gasteiger partial charge in [0.15, 0.2) is 0 Å². The minimum absolute atomic E-state index is 0. The van der Waals surface area contributed by atoms with Gasteiger partial charge >= 0.3 is 0 Å². The Morgan fingerprint density at radius 3 is 2.17 bits per heavy atom. The van der Waals surface area contributed by atoms with E-state index in [1.54, 1.807) is 7.05 Å². The molecule has 18 heavy (non-hydrogen) atoms. The standard InChI is InChI=1S/C9H11Br2FN2O2S.ClH/c1-13-2-3-14-17(15,16)9-7(10)4-6(12)5-8(9)11;/h4-5,13-14H,2-3H2,1H3;1H. The van der Waals surface area contributed by atoms with Crippen LogP contribution in [-0.2, 0) is 10.0 Å². The summed E-state index contributed by atoms with van der Waals surface area (Å²) in [5.41, 5.74) is 0. The Morgan fingerprint density at radius 1 is 1.22 bits per heavy atom. The van der Waals surface area contributed by atoms with Crippen molar-refractivity contribution in [3.05, 3.63) is 26.9 Å². The van der Waals surface area contributed by atoms with Gasteiger partial charge in [-0.25, -0.2) is 17.5 Å². The Balaban J connectivity index is 0.00000289. The molecule has 1 aromatic carbocycles. The van der Waals surface area contributed by atoms with Gasteiger partial charge in [0.25, 0.3) is 0 Å². The van der Waals surface area contributed by atoms with Crippen molar-refractivity contribution < 1.29 is 12.8 Å². The van der Waals surface area contributed by atoms with Crippen molar-refractivity contribution >= 4 is 54.3 Å². The number of halogens is 4. The number of rotatable bonds is 5. The maximum Gasteiger partial charge on any atom is 0.242 e. The normalized spacial score (nSPS) is 11.1. The van der Waals surface area contributed by atoms with Crippen LogP contribution in [0.15, 0.2) is 26.0 Å². The maximum atomic E-state index is 13.0. The lowest BCUT2D eigenvalue weighted by Crippen LogP contribution is -2.31. The van der Waals surface area contributed by atoms with Crippen molar-refractivity contribution in [2.75, 3.05) is 20.1 Å². The second kappa shape index (κ2) is 7.76. The molecular weight excluding hydrogens is 414 g/mol. The number of nitrogens with one attached hydrogen (secondary N) is 2. The average molecular weight is 427 g/mol. The molecule has 0 heterocycles. The highest BCUT2D eigenvalue weighted by molar-refractivity contribution is 9.11. The Hall–Kier alpha value is 0.270. The quantitative estimate of drug-likeness (QED) is 0.711. The molecule has 4 nitrogen and oxygen atoms in total. The first-order valence-corrected chi connectivity index (χ1v) is 7.74. The third-order valence-corrected chi connectivity index (χ3v) is 5.24. The van der Waals surface area contributed by atoms with Crippen LogP contribution in [0.4, 0.5) is 4.39 Å². The number of benzene rings is 1. The van der Waals surface area contributed by atoms with Crippen LogP contribution in [0.1, 0.15) is 0 Å². The zero-order valence-corrected chi connectivity index (χ0v) is 14.1. The van der Waals surface area contributed by atoms with E-state index >= 15 is 0 Å². The molecular formula is C9H12Br2ClFN2O2S.